The second-order valence-corrected chi connectivity index (χ2v) is 6.13. The first kappa shape index (κ1) is 17.3. The first-order valence-electron chi connectivity index (χ1n) is 8.29. The Labute approximate surface area is 134 Å². The summed E-state index contributed by atoms with van der Waals surface area (Å²) in [6, 6.07) is 6.44. The molecule has 0 aliphatic carbocycles. The van der Waals surface area contributed by atoms with Crippen molar-refractivity contribution in [2.45, 2.75) is 45.8 Å². The summed E-state index contributed by atoms with van der Waals surface area (Å²) in [6.45, 7) is 9.74. The van der Waals surface area contributed by atoms with E-state index in [-0.39, 0.29) is 6.10 Å². The van der Waals surface area contributed by atoms with Crippen molar-refractivity contribution in [3.05, 3.63) is 29.3 Å². The van der Waals surface area contributed by atoms with E-state index < -0.39 is 6.10 Å². The number of hydrogen-bond donors (Lipinski definition) is 1. The van der Waals surface area contributed by atoms with Crippen LogP contribution in [0.5, 0.6) is 0 Å². The molecule has 1 unspecified atom stereocenters. The van der Waals surface area contributed by atoms with E-state index in [9.17, 15) is 5.11 Å². The summed E-state index contributed by atoms with van der Waals surface area (Å²) in [5.41, 5.74) is 3.71. The minimum atomic E-state index is -0.469. The molecule has 0 aromatic heterocycles. The van der Waals surface area contributed by atoms with E-state index in [1.807, 2.05) is 0 Å². The number of hydrogen-bond acceptors (Lipinski definition) is 4. The van der Waals surface area contributed by atoms with Crippen LogP contribution in [0.25, 0.3) is 0 Å². The standard InChI is InChI=1S/C18H29NO3/c1-4-19(18-6-5-14(2)11-15(18)3)12-16(20)13-22-17-7-9-21-10-8-17/h5-6,11,16-17,20H,4,7-10,12-13H2,1-3H3. The number of rotatable bonds is 7. The molecule has 1 aliphatic heterocycles. The molecule has 1 aromatic rings. The third-order valence-electron chi connectivity index (χ3n) is 4.20. The summed E-state index contributed by atoms with van der Waals surface area (Å²) in [7, 11) is 0. The average molecular weight is 307 g/mol. The molecular formula is C18H29NO3. The smallest absolute Gasteiger partial charge is 0.0948 e. The van der Waals surface area contributed by atoms with Gasteiger partial charge >= 0.3 is 0 Å². The predicted octanol–water partition coefficient (Wildman–Crippen LogP) is 2.69. The summed E-state index contributed by atoms with van der Waals surface area (Å²) in [6.07, 6.45) is 1.63. The van der Waals surface area contributed by atoms with Crippen molar-refractivity contribution in [3.63, 3.8) is 0 Å². The van der Waals surface area contributed by atoms with Crippen LogP contribution in [-0.4, -0.2) is 50.2 Å². The summed E-state index contributed by atoms with van der Waals surface area (Å²) >= 11 is 0. The van der Waals surface area contributed by atoms with Crippen molar-refractivity contribution >= 4 is 5.69 Å². The maximum atomic E-state index is 10.3. The molecule has 4 nitrogen and oxygen atoms in total. The summed E-state index contributed by atoms with van der Waals surface area (Å²) in [5.74, 6) is 0. The van der Waals surface area contributed by atoms with Crippen LogP contribution in [0.2, 0.25) is 0 Å². The highest BCUT2D eigenvalue weighted by Gasteiger charge is 2.18. The maximum absolute atomic E-state index is 10.3. The van der Waals surface area contributed by atoms with Gasteiger partial charge in [-0.05, 0) is 45.2 Å². The summed E-state index contributed by atoms with van der Waals surface area (Å²) < 4.78 is 11.1. The number of likely N-dealkylation sites (N-methyl/N-ethyl adjacent to an activating group) is 1. The van der Waals surface area contributed by atoms with Gasteiger partial charge in [-0.2, -0.15) is 0 Å². The van der Waals surface area contributed by atoms with Gasteiger partial charge in [0, 0.05) is 32.0 Å². The fourth-order valence-electron chi connectivity index (χ4n) is 2.95. The molecule has 124 valence electrons. The highest BCUT2D eigenvalue weighted by molar-refractivity contribution is 5.54. The number of benzene rings is 1. The fraction of sp³-hybridized carbons (Fsp3) is 0.667. The van der Waals surface area contributed by atoms with Crippen LogP contribution in [0.3, 0.4) is 0 Å². The Hall–Kier alpha value is -1.10. The molecule has 1 atom stereocenters. The van der Waals surface area contributed by atoms with Crippen molar-refractivity contribution in [3.8, 4) is 0 Å². The van der Waals surface area contributed by atoms with Gasteiger partial charge in [-0.15, -0.1) is 0 Å². The lowest BCUT2D eigenvalue weighted by atomic mass is 10.1. The van der Waals surface area contributed by atoms with Crippen LogP contribution in [-0.2, 0) is 9.47 Å². The zero-order chi connectivity index (χ0) is 15.9. The average Bonchev–Trinajstić information content (AvgIpc) is 2.52. The van der Waals surface area contributed by atoms with E-state index in [0.29, 0.717) is 13.2 Å². The van der Waals surface area contributed by atoms with Gasteiger partial charge in [-0.3, -0.25) is 0 Å². The molecule has 22 heavy (non-hydrogen) atoms. The van der Waals surface area contributed by atoms with Crippen LogP contribution in [0.15, 0.2) is 18.2 Å². The van der Waals surface area contributed by atoms with E-state index in [1.165, 1.54) is 16.8 Å². The molecular weight excluding hydrogens is 278 g/mol. The van der Waals surface area contributed by atoms with E-state index in [0.717, 1.165) is 32.6 Å². The first-order valence-corrected chi connectivity index (χ1v) is 8.29. The molecule has 1 aliphatic rings. The second-order valence-electron chi connectivity index (χ2n) is 6.13. The third-order valence-corrected chi connectivity index (χ3v) is 4.20. The molecule has 0 spiro atoms. The van der Waals surface area contributed by atoms with Crippen LogP contribution >= 0.6 is 0 Å². The van der Waals surface area contributed by atoms with Gasteiger partial charge in [0.05, 0.1) is 18.8 Å². The van der Waals surface area contributed by atoms with Crippen molar-refractivity contribution < 1.29 is 14.6 Å². The summed E-state index contributed by atoms with van der Waals surface area (Å²) in [5, 5.41) is 10.3. The van der Waals surface area contributed by atoms with Crippen LogP contribution in [0.1, 0.15) is 30.9 Å². The second kappa shape index (κ2) is 8.51. The molecule has 1 saturated heterocycles. The molecule has 2 rings (SSSR count). The highest BCUT2D eigenvalue weighted by atomic mass is 16.5. The molecule has 1 aromatic carbocycles. The van der Waals surface area contributed by atoms with Gasteiger partial charge in [0.2, 0.25) is 0 Å². The minimum absolute atomic E-state index is 0.236. The number of ether oxygens (including phenoxy) is 2. The van der Waals surface area contributed by atoms with Crippen molar-refractivity contribution in [1.29, 1.82) is 0 Å². The van der Waals surface area contributed by atoms with E-state index in [2.05, 4.69) is 43.9 Å². The number of aliphatic hydroxyl groups is 1. The summed E-state index contributed by atoms with van der Waals surface area (Å²) in [4.78, 5) is 2.22. The predicted molar refractivity (Wildman–Crippen MR) is 89.6 cm³/mol. The third kappa shape index (κ3) is 4.97. The van der Waals surface area contributed by atoms with Crippen LogP contribution < -0.4 is 4.90 Å². The van der Waals surface area contributed by atoms with E-state index >= 15 is 0 Å². The lowest BCUT2D eigenvalue weighted by molar-refractivity contribution is -0.0575. The highest BCUT2D eigenvalue weighted by Crippen LogP contribution is 2.21. The van der Waals surface area contributed by atoms with Crippen LogP contribution in [0.4, 0.5) is 5.69 Å². The van der Waals surface area contributed by atoms with E-state index in [4.69, 9.17) is 9.47 Å². The fourth-order valence-corrected chi connectivity index (χ4v) is 2.95. The van der Waals surface area contributed by atoms with Crippen molar-refractivity contribution in [2.75, 3.05) is 37.8 Å². The van der Waals surface area contributed by atoms with Crippen molar-refractivity contribution in [2.24, 2.45) is 0 Å². The minimum Gasteiger partial charge on any atom is -0.389 e. The topological polar surface area (TPSA) is 41.9 Å². The quantitative estimate of drug-likeness (QED) is 0.841. The zero-order valence-electron chi connectivity index (χ0n) is 14.0. The lowest BCUT2D eigenvalue weighted by Gasteiger charge is -2.29. The molecule has 0 saturated carbocycles. The Morgan fingerprint density at radius 3 is 2.68 bits per heavy atom. The van der Waals surface area contributed by atoms with Gasteiger partial charge < -0.3 is 19.5 Å². The van der Waals surface area contributed by atoms with Gasteiger partial charge in [0.1, 0.15) is 0 Å². The molecule has 4 heteroatoms. The van der Waals surface area contributed by atoms with Gasteiger partial charge in [-0.1, -0.05) is 17.7 Å². The first-order chi connectivity index (χ1) is 10.6. The Balaban J connectivity index is 1.85. The Kier molecular flexibility index (Phi) is 6.68. The molecule has 1 N–H and O–H groups in total. The van der Waals surface area contributed by atoms with E-state index in [1.54, 1.807) is 0 Å². The number of aliphatic hydroxyl groups excluding tert-OH is 1. The number of nitrogens with zero attached hydrogens (tertiary/aromatic N) is 1. The Morgan fingerprint density at radius 2 is 2.05 bits per heavy atom. The van der Waals surface area contributed by atoms with Gasteiger partial charge in [0.25, 0.3) is 0 Å². The van der Waals surface area contributed by atoms with Gasteiger partial charge in [-0.25, -0.2) is 0 Å². The molecule has 0 radical (unpaired) electrons. The van der Waals surface area contributed by atoms with Crippen LogP contribution in [0, 0.1) is 13.8 Å². The largest absolute Gasteiger partial charge is 0.389 e. The number of anilines is 1. The Bertz CT molecular complexity index is 458. The zero-order valence-corrected chi connectivity index (χ0v) is 14.0. The molecule has 0 bridgehead atoms. The molecule has 1 fully saturated rings. The molecule has 0 amide bonds. The SMILES string of the molecule is CCN(CC(O)COC1CCOCC1)c1ccc(C)cc1C. The molecule has 1 heterocycles. The van der Waals surface area contributed by atoms with Gasteiger partial charge in [0.15, 0.2) is 0 Å². The monoisotopic (exact) mass is 307 g/mol. The number of aryl methyl sites for hydroxylation is 2. The maximum Gasteiger partial charge on any atom is 0.0948 e. The lowest BCUT2D eigenvalue weighted by Crippen LogP contribution is -2.37. The van der Waals surface area contributed by atoms with Crippen molar-refractivity contribution in [1.82, 2.24) is 0 Å². The normalized spacial score (nSPS) is 17.5. The Morgan fingerprint density at radius 1 is 1.32 bits per heavy atom.